The Morgan fingerprint density at radius 3 is 2.81 bits per heavy atom. The number of aryl methyl sites for hydroxylation is 1. The number of morpholine rings is 1. The first kappa shape index (κ1) is 15.3. The van der Waals surface area contributed by atoms with Gasteiger partial charge in [0.2, 0.25) is 0 Å². The number of nitrogens with one attached hydrogen (secondary N) is 1. The van der Waals surface area contributed by atoms with Gasteiger partial charge >= 0.3 is 6.09 Å². The van der Waals surface area contributed by atoms with Crippen molar-refractivity contribution >= 4 is 17.7 Å². The molecule has 1 aliphatic rings. The third-order valence-corrected chi connectivity index (χ3v) is 3.22. The predicted molar refractivity (Wildman–Crippen MR) is 78.3 cm³/mol. The second-order valence-corrected chi connectivity index (χ2v) is 4.87. The van der Waals surface area contributed by atoms with Crippen molar-refractivity contribution in [3.05, 3.63) is 29.8 Å². The highest BCUT2D eigenvalue weighted by atomic mass is 16.5. The number of anilines is 1. The Kier molecular flexibility index (Phi) is 5.16. The molecule has 0 aliphatic carbocycles. The molecule has 1 aliphatic heterocycles. The fourth-order valence-corrected chi connectivity index (χ4v) is 2.10. The molecule has 114 valence electrons. The zero-order valence-electron chi connectivity index (χ0n) is 12.3. The summed E-state index contributed by atoms with van der Waals surface area (Å²) in [6.45, 7) is 4.81. The molecule has 1 saturated heterocycles. The lowest BCUT2D eigenvalue weighted by molar-refractivity contribution is -0.129. The van der Waals surface area contributed by atoms with E-state index in [4.69, 9.17) is 9.47 Å². The zero-order chi connectivity index (χ0) is 15.2. The predicted octanol–water partition coefficient (Wildman–Crippen LogP) is 1.47. The summed E-state index contributed by atoms with van der Waals surface area (Å²) >= 11 is 0. The Morgan fingerprint density at radius 1 is 1.43 bits per heavy atom. The maximum atomic E-state index is 12.0. The summed E-state index contributed by atoms with van der Waals surface area (Å²) < 4.78 is 10.2. The van der Waals surface area contributed by atoms with E-state index in [1.165, 1.54) is 0 Å². The van der Waals surface area contributed by atoms with Crippen molar-refractivity contribution in [2.45, 2.75) is 20.0 Å². The van der Waals surface area contributed by atoms with Crippen LogP contribution in [-0.2, 0) is 14.3 Å². The van der Waals surface area contributed by atoms with Crippen LogP contribution in [-0.4, -0.2) is 44.4 Å². The molecule has 2 rings (SSSR count). The second kappa shape index (κ2) is 7.08. The Hall–Kier alpha value is -2.08. The van der Waals surface area contributed by atoms with E-state index in [0.29, 0.717) is 19.7 Å². The monoisotopic (exact) mass is 292 g/mol. The van der Waals surface area contributed by atoms with Crippen LogP contribution in [0.3, 0.4) is 0 Å². The van der Waals surface area contributed by atoms with E-state index in [0.717, 1.165) is 11.3 Å². The van der Waals surface area contributed by atoms with Crippen molar-refractivity contribution in [3.63, 3.8) is 0 Å². The van der Waals surface area contributed by atoms with E-state index in [2.05, 4.69) is 5.32 Å². The van der Waals surface area contributed by atoms with Crippen molar-refractivity contribution in [2.24, 2.45) is 0 Å². The molecule has 1 N–H and O–H groups in total. The fraction of sp³-hybridized carbons (Fsp3) is 0.467. The first-order valence-corrected chi connectivity index (χ1v) is 6.99. The highest BCUT2D eigenvalue weighted by Gasteiger charge is 2.27. The maximum absolute atomic E-state index is 12.0. The number of hydrogen-bond acceptors (Lipinski definition) is 4. The summed E-state index contributed by atoms with van der Waals surface area (Å²) in [5, 5.41) is 2.63. The van der Waals surface area contributed by atoms with Gasteiger partial charge in [0.15, 0.2) is 0 Å². The van der Waals surface area contributed by atoms with E-state index in [1.807, 2.05) is 31.2 Å². The molecule has 1 fully saturated rings. The molecule has 21 heavy (non-hydrogen) atoms. The van der Waals surface area contributed by atoms with E-state index < -0.39 is 6.09 Å². The fourth-order valence-electron chi connectivity index (χ4n) is 2.10. The van der Waals surface area contributed by atoms with Crippen molar-refractivity contribution in [2.75, 3.05) is 31.2 Å². The summed E-state index contributed by atoms with van der Waals surface area (Å²) in [6.07, 6.45) is -0.715. The van der Waals surface area contributed by atoms with Crippen LogP contribution in [0.25, 0.3) is 0 Å². The van der Waals surface area contributed by atoms with Gasteiger partial charge in [-0.1, -0.05) is 17.7 Å². The van der Waals surface area contributed by atoms with Gasteiger partial charge in [-0.3, -0.25) is 4.79 Å². The molecule has 0 radical (unpaired) electrons. The number of rotatable bonds is 4. The maximum Gasteiger partial charge on any atom is 0.407 e. The van der Waals surface area contributed by atoms with Crippen molar-refractivity contribution in [1.82, 2.24) is 5.32 Å². The number of benzene rings is 1. The van der Waals surface area contributed by atoms with Crippen LogP contribution in [0.5, 0.6) is 0 Å². The highest BCUT2D eigenvalue weighted by Crippen LogP contribution is 2.19. The lowest BCUT2D eigenvalue weighted by Crippen LogP contribution is -2.50. The number of alkyl carbamates (subject to hydrolysis) is 1. The van der Waals surface area contributed by atoms with E-state index in [1.54, 1.807) is 11.8 Å². The quantitative estimate of drug-likeness (QED) is 0.912. The molecule has 2 amide bonds. The molecule has 0 aromatic heterocycles. The van der Waals surface area contributed by atoms with Gasteiger partial charge in [0.05, 0.1) is 19.3 Å². The molecule has 0 bridgehead atoms. The molecule has 6 nitrogen and oxygen atoms in total. The summed E-state index contributed by atoms with van der Waals surface area (Å²) in [5.41, 5.74) is 1.98. The number of nitrogens with zero attached hydrogens (tertiary/aromatic N) is 1. The van der Waals surface area contributed by atoms with Crippen LogP contribution in [0, 0.1) is 6.92 Å². The summed E-state index contributed by atoms with van der Waals surface area (Å²) in [4.78, 5) is 24.9. The van der Waals surface area contributed by atoms with Gasteiger partial charge in [-0.05, 0) is 26.0 Å². The van der Waals surface area contributed by atoms with Crippen molar-refractivity contribution < 1.29 is 19.1 Å². The van der Waals surface area contributed by atoms with Gasteiger partial charge in [-0.25, -0.2) is 4.79 Å². The van der Waals surface area contributed by atoms with E-state index in [9.17, 15) is 9.59 Å². The minimum Gasteiger partial charge on any atom is -0.450 e. The molecular weight excluding hydrogens is 272 g/mol. The van der Waals surface area contributed by atoms with E-state index >= 15 is 0 Å². The Balaban J connectivity index is 1.94. The van der Waals surface area contributed by atoms with Gasteiger partial charge in [-0.2, -0.15) is 0 Å². The van der Waals surface area contributed by atoms with Gasteiger partial charge in [0.1, 0.15) is 6.61 Å². The number of carbonyl (C=O) groups is 2. The summed E-state index contributed by atoms with van der Waals surface area (Å²) in [6, 6.07) is 7.75. The molecule has 1 heterocycles. The van der Waals surface area contributed by atoms with Crippen LogP contribution in [0.15, 0.2) is 24.3 Å². The van der Waals surface area contributed by atoms with Crippen LogP contribution in [0.2, 0.25) is 0 Å². The van der Waals surface area contributed by atoms with Crippen molar-refractivity contribution in [3.8, 4) is 0 Å². The number of ether oxygens (including phenoxy) is 2. The molecule has 1 aromatic rings. The number of amides is 2. The Labute approximate surface area is 124 Å². The lowest BCUT2D eigenvalue weighted by Gasteiger charge is -2.32. The topological polar surface area (TPSA) is 67.9 Å². The van der Waals surface area contributed by atoms with Crippen LogP contribution >= 0.6 is 0 Å². The number of hydrogen-bond donors (Lipinski definition) is 1. The number of carbonyl (C=O) groups excluding carboxylic acids is 2. The van der Waals surface area contributed by atoms with E-state index in [-0.39, 0.29) is 18.6 Å². The van der Waals surface area contributed by atoms with Gasteiger partial charge in [0, 0.05) is 12.2 Å². The average Bonchev–Trinajstić information content (AvgIpc) is 2.48. The third kappa shape index (κ3) is 4.19. The van der Waals surface area contributed by atoms with Crippen LogP contribution < -0.4 is 10.2 Å². The molecule has 0 spiro atoms. The zero-order valence-corrected chi connectivity index (χ0v) is 12.3. The Morgan fingerprint density at radius 2 is 2.14 bits per heavy atom. The highest BCUT2D eigenvalue weighted by molar-refractivity contribution is 5.95. The smallest absolute Gasteiger partial charge is 0.407 e. The minimum absolute atomic E-state index is 0.0169. The largest absolute Gasteiger partial charge is 0.450 e. The molecule has 6 heteroatoms. The van der Waals surface area contributed by atoms with Crippen molar-refractivity contribution in [1.29, 1.82) is 0 Å². The molecular formula is C15H20N2O4. The normalized spacial score (nSPS) is 18.5. The van der Waals surface area contributed by atoms with Crippen LogP contribution in [0.4, 0.5) is 10.5 Å². The standard InChI is InChI=1S/C15H20N2O4/c1-3-20-15(19)16-8-13-9-17(14(18)10-21-13)12-6-4-11(2)5-7-12/h4-7,13H,3,8-10H2,1-2H3,(H,16,19). The lowest BCUT2D eigenvalue weighted by atomic mass is 10.2. The first-order valence-electron chi connectivity index (χ1n) is 6.99. The molecule has 0 saturated carbocycles. The molecule has 1 aromatic carbocycles. The third-order valence-electron chi connectivity index (χ3n) is 3.22. The second-order valence-electron chi connectivity index (χ2n) is 4.87. The van der Waals surface area contributed by atoms with Gasteiger partial charge in [0.25, 0.3) is 5.91 Å². The van der Waals surface area contributed by atoms with Gasteiger partial charge in [-0.15, -0.1) is 0 Å². The van der Waals surface area contributed by atoms with Crippen LogP contribution in [0.1, 0.15) is 12.5 Å². The summed E-state index contributed by atoms with van der Waals surface area (Å²) in [5.74, 6) is -0.0776. The molecule has 1 unspecified atom stereocenters. The molecule has 1 atom stereocenters. The minimum atomic E-state index is -0.472. The van der Waals surface area contributed by atoms with Gasteiger partial charge < -0.3 is 19.7 Å². The summed E-state index contributed by atoms with van der Waals surface area (Å²) in [7, 11) is 0. The first-order chi connectivity index (χ1) is 10.1. The SMILES string of the molecule is CCOC(=O)NCC1CN(c2ccc(C)cc2)C(=O)CO1. The average molecular weight is 292 g/mol. The Bertz CT molecular complexity index is 501.